The van der Waals surface area contributed by atoms with Crippen LogP contribution >= 0.6 is 11.3 Å². The molecule has 0 saturated carbocycles. The summed E-state index contributed by atoms with van der Waals surface area (Å²) in [7, 11) is 0. The van der Waals surface area contributed by atoms with E-state index in [1.807, 2.05) is 19.2 Å². The fraction of sp³-hybridized carbons (Fsp3) is 0.600. The molecule has 2 nitrogen and oxygen atoms in total. The predicted octanol–water partition coefficient (Wildman–Crippen LogP) is -0.506. The van der Waals surface area contributed by atoms with Crippen molar-refractivity contribution in [3.05, 3.63) is 22.4 Å². The van der Waals surface area contributed by atoms with E-state index in [0.29, 0.717) is 13.2 Å². The number of ether oxygens (including phenoxy) is 2. The second-order valence-electron chi connectivity index (χ2n) is 2.59. The Morgan fingerprint density at radius 2 is 2.00 bits per heavy atom. The number of rotatable bonds is 6. The van der Waals surface area contributed by atoms with E-state index in [-0.39, 0.29) is 25.2 Å². The third-order valence-electron chi connectivity index (χ3n) is 1.61. The Labute approximate surface area is 102 Å². The van der Waals surface area contributed by atoms with Gasteiger partial charge in [0, 0.05) is 13.2 Å². The van der Waals surface area contributed by atoms with Crippen LogP contribution < -0.4 is 18.9 Å². The fourth-order valence-electron chi connectivity index (χ4n) is 1.08. The average Bonchev–Trinajstić information content (AvgIpc) is 2.58. The molecule has 0 radical (unpaired) electrons. The van der Waals surface area contributed by atoms with Crippen molar-refractivity contribution < 1.29 is 28.3 Å². The first-order valence-corrected chi connectivity index (χ1v) is 5.47. The van der Waals surface area contributed by atoms with Crippen molar-refractivity contribution in [1.29, 1.82) is 0 Å². The van der Waals surface area contributed by atoms with E-state index < -0.39 is 0 Å². The summed E-state index contributed by atoms with van der Waals surface area (Å²) < 4.78 is 10.8. The Kier molecular flexibility index (Phi) is 8.65. The van der Waals surface area contributed by atoms with Crippen LogP contribution in [-0.2, 0) is 15.9 Å². The molecule has 0 N–H and O–H groups in total. The summed E-state index contributed by atoms with van der Waals surface area (Å²) in [5, 5.41) is 4.02. The van der Waals surface area contributed by atoms with E-state index in [9.17, 15) is 0 Å². The zero-order chi connectivity index (χ0) is 9.52. The van der Waals surface area contributed by atoms with Gasteiger partial charge in [0.05, 0.1) is 0 Å². The molecule has 4 heteroatoms. The summed E-state index contributed by atoms with van der Waals surface area (Å²) >= 11 is 1.65. The predicted molar refractivity (Wildman–Crippen MR) is 53.9 cm³/mol. The molecule has 0 spiro atoms. The third-order valence-corrected chi connectivity index (χ3v) is 2.29. The maximum Gasteiger partial charge on any atom is 1.00 e. The van der Waals surface area contributed by atoms with Crippen LogP contribution in [0.2, 0.25) is 0 Å². The van der Waals surface area contributed by atoms with Crippen LogP contribution in [0.3, 0.4) is 0 Å². The molecule has 0 fully saturated rings. The van der Waals surface area contributed by atoms with Crippen molar-refractivity contribution in [1.82, 2.24) is 0 Å². The molecular formula is C10H15LiO2S. The van der Waals surface area contributed by atoms with Crippen LogP contribution in [0, 0.1) is 6.07 Å². The monoisotopic (exact) mass is 206 g/mol. The van der Waals surface area contributed by atoms with Crippen molar-refractivity contribution in [2.75, 3.05) is 13.2 Å². The molecule has 0 saturated heterocycles. The molecule has 74 valence electrons. The van der Waals surface area contributed by atoms with Gasteiger partial charge < -0.3 is 9.47 Å². The fourth-order valence-corrected chi connectivity index (χ4v) is 1.70. The Hall–Kier alpha value is 0.217. The van der Waals surface area contributed by atoms with E-state index in [2.05, 4.69) is 11.4 Å². The molecule has 14 heavy (non-hydrogen) atoms. The summed E-state index contributed by atoms with van der Waals surface area (Å²) in [6, 6.07) is 3.14. The molecule has 1 aromatic rings. The van der Waals surface area contributed by atoms with Gasteiger partial charge in [-0.05, 0) is 20.3 Å². The van der Waals surface area contributed by atoms with Gasteiger partial charge in [0.1, 0.15) is 0 Å². The Balaban J connectivity index is 0.00000169. The van der Waals surface area contributed by atoms with Gasteiger partial charge >= 0.3 is 18.9 Å². The van der Waals surface area contributed by atoms with Crippen LogP contribution in [0.25, 0.3) is 0 Å². The molecule has 0 amide bonds. The van der Waals surface area contributed by atoms with Gasteiger partial charge in [-0.15, -0.1) is 5.38 Å². The molecule has 0 atom stereocenters. The summed E-state index contributed by atoms with van der Waals surface area (Å²) in [5.41, 5.74) is 1.16. The summed E-state index contributed by atoms with van der Waals surface area (Å²) in [5.74, 6) is 0. The Morgan fingerprint density at radius 3 is 2.43 bits per heavy atom. The maximum absolute atomic E-state index is 5.42. The molecule has 0 aliphatic rings. The molecule has 1 rings (SSSR count). The quantitative estimate of drug-likeness (QED) is 0.355. The number of thiophene rings is 1. The van der Waals surface area contributed by atoms with Gasteiger partial charge in [-0.25, -0.2) is 11.6 Å². The van der Waals surface area contributed by atoms with Gasteiger partial charge in [-0.2, -0.15) is 5.38 Å². The molecule has 1 aromatic heterocycles. The van der Waals surface area contributed by atoms with E-state index in [1.54, 1.807) is 11.3 Å². The van der Waals surface area contributed by atoms with Gasteiger partial charge in [0.15, 0.2) is 6.29 Å². The Morgan fingerprint density at radius 1 is 1.36 bits per heavy atom. The van der Waals surface area contributed by atoms with Gasteiger partial charge in [0.2, 0.25) is 0 Å². The minimum atomic E-state index is -0.110. The topological polar surface area (TPSA) is 18.5 Å². The first-order chi connectivity index (χ1) is 6.36. The van der Waals surface area contributed by atoms with Crippen molar-refractivity contribution in [3.8, 4) is 0 Å². The largest absolute Gasteiger partial charge is 1.00 e. The maximum atomic E-state index is 5.42. The van der Waals surface area contributed by atoms with E-state index >= 15 is 0 Å². The van der Waals surface area contributed by atoms with Gasteiger partial charge in [-0.1, -0.05) is 0 Å². The smallest absolute Gasteiger partial charge is 0.353 e. The minimum absolute atomic E-state index is 0. The molecule has 0 bridgehead atoms. The first-order valence-electron chi connectivity index (χ1n) is 4.52. The van der Waals surface area contributed by atoms with Crippen LogP contribution in [0.5, 0.6) is 0 Å². The Bertz CT molecular complexity index is 208. The molecule has 1 heterocycles. The van der Waals surface area contributed by atoms with Gasteiger partial charge in [-0.3, -0.25) is 11.3 Å². The average molecular weight is 206 g/mol. The third kappa shape index (κ3) is 5.19. The molecule has 0 aliphatic carbocycles. The second-order valence-corrected chi connectivity index (χ2v) is 3.33. The van der Waals surface area contributed by atoms with Crippen molar-refractivity contribution >= 4 is 11.3 Å². The summed E-state index contributed by atoms with van der Waals surface area (Å²) in [6.45, 7) is 5.33. The molecular weight excluding hydrogens is 191 g/mol. The van der Waals surface area contributed by atoms with Crippen LogP contribution in [0.1, 0.15) is 19.4 Å². The zero-order valence-electron chi connectivity index (χ0n) is 9.08. The standard InChI is InChI=1S/C10H15O2S.Li/c1-3-11-10(12-4-2)7-9-5-6-13-8-9;/h6,8,10H,3-4,7H2,1-2H3;/q-1;+1. The van der Waals surface area contributed by atoms with Crippen molar-refractivity contribution in [2.24, 2.45) is 0 Å². The summed E-state index contributed by atoms with van der Waals surface area (Å²) in [4.78, 5) is 0. The molecule has 0 aliphatic heterocycles. The zero-order valence-corrected chi connectivity index (χ0v) is 9.89. The normalized spacial score (nSPS) is 10.2. The van der Waals surface area contributed by atoms with E-state index in [0.717, 1.165) is 12.0 Å². The number of hydrogen-bond donors (Lipinski definition) is 0. The van der Waals surface area contributed by atoms with Crippen LogP contribution in [-0.4, -0.2) is 19.5 Å². The van der Waals surface area contributed by atoms with Crippen LogP contribution in [0.4, 0.5) is 0 Å². The first kappa shape index (κ1) is 14.2. The molecule has 0 unspecified atom stereocenters. The van der Waals surface area contributed by atoms with Crippen molar-refractivity contribution in [3.63, 3.8) is 0 Å². The van der Waals surface area contributed by atoms with E-state index in [4.69, 9.17) is 9.47 Å². The van der Waals surface area contributed by atoms with Crippen molar-refractivity contribution in [2.45, 2.75) is 26.6 Å². The van der Waals surface area contributed by atoms with Gasteiger partial charge in [0.25, 0.3) is 0 Å². The molecule has 0 aromatic carbocycles. The summed E-state index contributed by atoms with van der Waals surface area (Å²) in [6.07, 6.45) is 0.686. The van der Waals surface area contributed by atoms with Crippen LogP contribution in [0.15, 0.2) is 10.8 Å². The minimum Gasteiger partial charge on any atom is -0.353 e. The van der Waals surface area contributed by atoms with E-state index in [1.165, 1.54) is 0 Å². The number of hydrogen-bond acceptors (Lipinski definition) is 3. The second kappa shape index (κ2) is 8.52. The SMILES string of the molecule is CCOC(Cc1[c-]csc1)OCC.[Li+].